The molecule has 0 aliphatic heterocycles. The standard InChI is InChI=1S/C12H16O2/c1-9-4-7-12(14-3)11(8-9)6-5-10(2)13/h4,7-8H,5-6H2,1-3H3. The summed E-state index contributed by atoms with van der Waals surface area (Å²) in [5, 5.41) is 0. The topological polar surface area (TPSA) is 26.3 Å². The van der Waals surface area contributed by atoms with Crippen molar-refractivity contribution in [2.45, 2.75) is 26.7 Å². The lowest BCUT2D eigenvalue weighted by Gasteiger charge is -2.08. The Labute approximate surface area is 84.9 Å². The molecule has 2 heteroatoms. The molecule has 0 fully saturated rings. The third kappa shape index (κ3) is 2.87. The Morgan fingerprint density at radius 3 is 2.71 bits per heavy atom. The van der Waals surface area contributed by atoms with Crippen molar-refractivity contribution in [3.05, 3.63) is 29.3 Å². The summed E-state index contributed by atoms with van der Waals surface area (Å²) >= 11 is 0. The van der Waals surface area contributed by atoms with Crippen LogP contribution in [-0.4, -0.2) is 12.9 Å². The molecule has 0 aliphatic carbocycles. The maximum atomic E-state index is 10.9. The molecule has 0 radical (unpaired) electrons. The normalized spacial score (nSPS) is 9.93. The predicted molar refractivity (Wildman–Crippen MR) is 56.7 cm³/mol. The molecule has 0 bridgehead atoms. The zero-order valence-electron chi connectivity index (χ0n) is 8.96. The van der Waals surface area contributed by atoms with E-state index < -0.39 is 0 Å². The van der Waals surface area contributed by atoms with Crippen LogP contribution in [0.4, 0.5) is 0 Å². The summed E-state index contributed by atoms with van der Waals surface area (Å²) in [4.78, 5) is 10.9. The van der Waals surface area contributed by atoms with Gasteiger partial charge in [0.15, 0.2) is 0 Å². The fraction of sp³-hybridized carbons (Fsp3) is 0.417. The lowest BCUT2D eigenvalue weighted by atomic mass is 10.0. The van der Waals surface area contributed by atoms with E-state index in [9.17, 15) is 4.79 Å². The fourth-order valence-corrected chi connectivity index (χ4v) is 1.41. The minimum Gasteiger partial charge on any atom is -0.496 e. The van der Waals surface area contributed by atoms with Gasteiger partial charge in [0.25, 0.3) is 0 Å². The third-order valence-corrected chi connectivity index (χ3v) is 2.18. The van der Waals surface area contributed by atoms with E-state index in [0.29, 0.717) is 6.42 Å². The second kappa shape index (κ2) is 4.80. The summed E-state index contributed by atoms with van der Waals surface area (Å²) in [6.45, 7) is 3.65. The van der Waals surface area contributed by atoms with Crippen molar-refractivity contribution in [2.24, 2.45) is 0 Å². The minimum atomic E-state index is 0.216. The average molecular weight is 192 g/mol. The molecule has 0 unspecified atom stereocenters. The summed E-state index contributed by atoms with van der Waals surface area (Å²) in [6, 6.07) is 6.03. The molecular formula is C12H16O2. The summed E-state index contributed by atoms with van der Waals surface area (Å²) < 4.78 is 5.22. The van der Waals surface area contributed by atoms with Crippen LogP contribution in [0, 0.1) is 6.92 Å². The van der Waals surface area contributed by atoms with Gasteiger partial charge in [-0.25, -0.2) is 0 Å². The Morgan fingerprint density at radius 1 is 1.43 bits per heavy atom. The van der Waals surface area contributed by atoms with E-state index in [-0.39, 0.29) is 5.78 Å². The molecule has 0 atom stereocenters. The van der Waals surface area contributed by atoms with Gasteiger partial charge in [-0.1, -0.05) is 17.7 Å². The zero-order valence-corrected chi connectivity index (χ0v) is 8.96. The van der Waals surface area contributed by atoms with Crippen LogP contribution < -0.4 is 4.74 Å². The molecule has 0 aliphatic rings. The number of rotatable bonds is 4. The summed E-state index contributed by atoms with van der Waals surface area (Å²) in [7, 11) is 1.65. The molecule has 2 nitrogen and oxygen atoms in total. The number of ether oxygens (including phenoxy) is 1. The Balaban J connectivity index is 2.82. The van der Waals surface area contributed by atoms with Gasteiger partial charge in [-0.15, -0.1) is 0 Å². The van der Waals surface area contributed by atoms with Gasteiger partial charge in [-0.2, -0.15) is 0 Å². The van der Waals surface area contributed by atoms with E-state index in [1.54, 1.807) is 14.0 Å². The van der Waals surface area contributed by atoms with Gasteiger partial charge < -0.3 is 9.53 Å². The first-order valence-corrected chi connectivity index (χ1v) is 4.76. The number of benzene rings is 1. The monoisotopic (exact) mass is 192 g/mol. The van der Waals surface area contributed by atoms with Gasteiger partial charge in [0, 0.05) is 6.42 Å². The van der Waals surface area contributed by atoms with Crippen LogP contribution in [0.1, 0.15) is 24.5 Å². The lowest BCUT2D eigenvalue weighted by Crippen LogP contribution is -1.97. The highest BCUT2D eigenvalue weighted by Gasteiger charge is 2.04. The molecule has 0 spiro atoms. The molecule has 1 aromatic carbocycles. The van der Waals surface area contributed by atoms with Crippen LogP contribution in [0.3, 0.4) is 0 Å². The van der Waals surface area contributed by atoms with E-state index in [1.165, 1.54) is 5.56 Å². The Morgan fingerprint density at radius 2 is 2.14 bits per heavy atom. The van der Waals surface area contributed by atoms with Gasteiger partial charge in [-0.05, 0) is 31.9 Å². The van der Waals surface area contributed by atoms with Crippen molar-refractivity contribution in [3.63, 3.8) is 0 Å². The van der Waals surface area contributed by atoms with Crippen molar-refractivity contribution in [3.8, 4) is 5.75 Å². The molecule has 1 rings (SSSR count). The number of carbonyl (C=O) groups is 1. The highest BCUT2D eigenvalue weighted by atomic mass is 16.5. The number of Topliss-reactive ketones (excluding diaryl/α,β-unsaturated/α-hetero) is 1. The Bertz CT molecular complexity index is 329. The smallest absolute Gasteiger partial charge is 0.130 e. The summed E-state index contributed by atoms with van der Waals surface area (Å²) in [5.41, 5.74) is 2.31. The van der Waals surface area contributed by atoms with E-state index >= 15 is 0 Å². The van der Waals surface area contributed by atoms with Gasteiger partial charge in [0.05, 0.1) is 7.11 Å². The molecule has 14 heavy (non-hydrogen) atoms. The first-order chi connectivity index (χ1) is 6.63. The summed E-state index contributed by atoms with van der Waals surface area (Å²) in [5.74, 6) is 1.09. The molecule has 76 valence electrons. The maximum Gasteiger partial charge on any atom is 0.130 e. The minimum absolute atomic E-state index is 0.216. The van der Waals surface area contributed by atoms with Crippen LogP contribution in [-0.2, 0) is 11.2 Å². The first kappa shape index (κ1) is 10.8. The highest BCUT2D eigenvalue weighted by Crippen LogP contribution is 2.20. The van der Waals surface area contributed by atoms with Gasteiger partial charge in [0.1, 0.15) is 11.5 Å². The predicted octanol–water partition coefficient (Wildman–Crippen LogP) is 2.53. The largest absolute Gasteiger partial charge is 0.496 e. The van der Waals surface area contributed by atoms with Crippen molar-refractivity contribution < 1.29 is 9.53 Å². The molecule has 1 aromatic rings. The van der Waals surface area contributed by atoms with Crippen LogP contribution in [0.2, 0.25) is 0 Å². The molecule has 0 saturated heterocycles. The Hall–Kier alpha value is -1.31. The van der Waals surface area contributed by atoms with Crippen LogP contribution in [0.25, 0.3) is 0 Å². The average Bonchev–Trinajstić information content (AvgIpc) is 2.15. The fourth-order valence-electron chi connectivity index (χ4n) is 1.41. The number of aryl methyl sites for hydroxylation is 2. The highest BCUT2D eigenvalue weighted by molar-refractivity contribution is 5.75. The quantitative estimate of drug-likeness (QED) is 0.732. The van der Waals surface area contributed by atoms with Crippen LogP contribution in [0.5, 0.6) is 5.75 Å². The molecule has 0 saturated carbocycles. The number of methoxy groups -OCH3 is 1. The molecule has 0 heterocycles. The van der Waals surface area contributed by atoms with Crippen molar-refractivity contribution in [2.75, 3.05) is 7.11 Å². The van der Waals surface area contributed by atoms with Crippen LogP contribution >= 0.6 is 0 Å². The van der Waals surface area contributed by atoms with E-state index in [0.717, 1.165) is 17.7 Å². The molecular weight excluding hydrogens is 176 g/mol. The van der Waals surface area contributed by atoms with Gasteiger partial charge in [0.2, 0.25) is 0 Å². The van der Waals surface area contributed by atoms with E-state index in [4.69, 9.17) is 4.74 Å². The van der Waals surface area contributed by atoms with E-state index in [1.807, 2.05) is 19.1 Å². The first-order valence-electron chi connectivity index (χ1n) is 4.76. The second-order valence-electron chi connectivity index (χ2n) is 3.52. The lowest BCUT2D eigenvalue weighted by molar-refractivity contribution is -0.116. The number of ketones is 1. The van der Waals surface area contributed by atoms with Crippen molar-refractivity contribution >= 4 is 5.78 Å². The number of hydrogen-bond acceptors (Lipinski definition) is 2. The second-order valence-corrected chi connectivity index (χ2v) is 3.52. The van der Waals surface area contributed by atoms with Crippen molar-refractivity contribution in [1.29, 1.82) is 0 Å². The third-order valence-electron chi connectivity index (χ3n) is 2.18. The van der Waals surface area contributed by atoms with Gasteiger partial charge >= 0.3 is 0 Å². The zero-order chi connectivity index (χ0) is 10.6. The Kier molecular flexibility index (Phi) is 3.69. The van der Waals surface area contributed by atoms with E-state index in [2.05, 4.69) is 6.07 Å². The summed E-state index contributed by atoms with van der Waals surface area (Å²) in [6.07, 6.45) is 1.35. The molecule has 0 N–H and O–H groups in total. The van der Waals surface area contributed by atoms with Crippen LogP contribution in [0.15, 0.2) is 18.2 Å². The molecule has 0 aromatic heterocycles. The molecule has 0 amide bonds. The van der Waals surface area contributed by atoms with Gasteiger partial charge in [-0.3, -0.25) is 0 Å². The number of carbonyl (C=O) groups excluding carboxylic acids is 1. The van der Waals surface area contributed by atoms with Crippen molar-refractivity contribution in [1.82, 2.24) is 0 Å². The maximum absolute atomic E-state index is 10.9. The number of hydrogen-bond donors (Lipinski definition) is 0. The SMILES string of the molecule is COc1ccc(C)cc1CCC(C)=O.